The van der Waals surface area contributed by atoms with Crippen molar-refractivity contribution in [2.45, 2.75) is 45.1 Å². The van der Waals surface area contributed by atoms with Gasteiger partial charge in [-0.15, -0.1) is 0 Å². The summed E-state index contributed by atoms with van der Waals surface area (Å²) < 4.78 is 6.70. The molecule has 1 atom stereocenters. The fourth-order valence-electron chi connectivity index (χ4n) is 4.89. The highest BCUT2D eigenvalue weighted by Crippen LogP contribution is 2.33. The summed E-state index contributed by atoms with van der Waals surface area (Å²) in [7, 11) is 0. The number of likely N-dealkylation sites (tertiary alicyclic amines) is 2. The zero-order valence-electron chi connectivity index (χ0n) is 19.0. The van der Waals surface area contributed by atoms with Gasteiger partial charge in [0, 0.05) is 26.2 Å². The molecule has 2 aliphatic heterocycles. The highest BCUT2D eigenvalue weighted by atomic mass is 79.9. The summed E-state index contributed by atoms with van der Waals surface area (Å²) in [6.07, 6.45) is 5.89. The SMILES string of the molecule is CCC(Oc1ccccc1)C(=O)N1CCC(C2CCN(C(=O)Nc3[nH]ncc3Br)CC2)CC1. The van der Waals surface area contributed by atoms with E-state index in [-0.39, 0.29) is 11.9 Å². The van der Waals surface area contributed by atoms with Crippen LogP contribution in [0, 0.1) is 11.8 Å². The van der Waals surface area contributed by atoms with Crippen LogP contribution >= 0.6 is 15.9 Å². The standard InChI is InChI=1S/C24H32BrN5O3/c1-2-21(33-19-6-4-3-5-7-19)23(31)29-12-8-17(9-13-29)18-10-14-30(15-11-18)24(32)27-22-20(25)16-26-28-22/h3-7,16-18,21H,2,8-15H2,1H3,(H2,26,27,28,32). The summed E-state index contributed by atoms with van der Waals surface area (Å²) in [6, 6.07) is 9.47. The maximum absolute atomic E-state index is 13.0. The number of ether oxygens (including phenoxy) is 1. The number of nitrogens with one attached hydrogen (secondary N) is 2. The Morgan fingerprint density at radius 2 is 1.70 bits per heavy atom. The Morgan fingerprint density at radius 1 is 1.09 bits per heavy atom. The Morgan fingerprint density at radius 3 is 2.24 bits per heavy atom. The van der Waals surface area contributed by atoms with Crippen molar-refractivity contribution in [1.82, 2.24) is 20.0 Å². The molecule has 3 amide bonds. The maximum atomic E-state index is 13.0. The highest BCUT2D eigenvalue weighted by molar-refractivity contribution is 9.10. The van der Waals surface area contributed by atoms with Crippen LogP contribution < -0.4 is 10.1 Å². The predicted octanol–water partition coefficient (Wildman–Crippen LogP) is 4.51. The summed E-state index contributed by atoms with van der Waals surface area (Å²) in [5, 5.41) is 9.56. The number of nitrogens with zero attached hydrogens (tertiary/aromatic N) is 3. The number of piperidine rings is 2. The molecule has 0 aliphatic carbocycles. The van der Waals surface area contributed by atoms with Gasteiger partial charge in [0.25, 0.3) is 5.91 Å². The monoisotopic (exact) mass is 517 g/mol. The number of halogens is 1. The number of aromatic nitrogens is 2. The number of aromatic amines is 1. The number of amides is 3. The second kappa shape index (κ2) is 11.0. The van der Waals surface area contributed by atoms with E-state index in [1.165, 1.54) is 0 Å². The Hall–Kier alpha value is -2.55. The molecule has 2 aliphatic rings. The van der Waals surface area contributed by atoms with Crippen molar-refractivity contribution in [2.24, 2.45) is 11.8 Å². The summed E-state index contributed by atoms with van der Waals surface area (Å²) in [5.74, 6) is 2.63. The fourth-order valence-corrected chi connectivity index (χ4v) is 5.18. The van der Waals surface area contributed by atoms with Gasteiger partial charge in [0.15, 0.2) is 6.10 Å². The van der Waals surface area contributed by atoms with Crippen molar-refractivity contribution in [3.63, 3.8) is 0 Å². The smallest absolute Gasteiger partial charge is 0.323 e. The van der Waals surface area contributed by atoms with Crippen LogP contribution in [0.15, 0.2) is 41.0 Å². The Labute approximate surface area is 203 Å². The number of anilines is 1. The minimum Gasteiger partial charge on any atom is -0.481 e. The van der Waals surface area contributed by atoms with Crippen molar-refractivity contribution < 1.29 is 14.3 Å². The van der Waals surface area contributed by atoms with Crippen molar-refractivity contribution in [3.8, 4) is 5.75 Å². The van der Waals surface area contributed by atoms with Gasteiger partial charge in [0.05, 0.1) is 10.7 Å². The second-order valence-electron chi connectivity index (χ2n) is 8.84. The lowest BCUT2D eigenvalue weighted by Crippen LogP contribution is -2.48. The minimum atomic E-state index is -0.430. The van der Waals surface area contributed by atoms with E-state index in [0.717, 1.165) is 62.1 Å². The molecule has 1 aromatic carbocycles. The predicted molar refractivity (Wildman–Crippen MR) is 130 cm³/mol. The number of hydrogen-bond acceptors (Lipinski definition) is 4. The molecule has 0 saturated carbocycles. The third kappa shape index (κ3) is 5.88. The van der Waals surface area contributed by atoms with E-state index >= 15 is 0 Å². The highest BCUT2D eigenvalue weighted by Gasteiger charge is 2.34. The van der Waals surface area contributed by atoms with E-state index in [2.05, 4.69) is 31.4 Å². The van der Waals surface area contributed by atoms with E-state index in [1.807, 2.05) is 47.1 Å². The van der Waals surface area contributed by atoms with Gasteiger partial charge in [-0.25, -0.2) is 4.79 Å². The van der Waals surface area contributed by atoms with Gasteiger partial charge in [-0.3, -0.25) is 15.2 Å². The quantitative estimate of drug-likeness (QED) is 0.589. The topological polar surface area (TPSA) is 90.6 Å². The minimum absolute atomic E-state index is 0.0938. The van der Waals surface area contributed by atoms with E-state index in [4.69, 9.17) is 4.74 Å². The molecule has 4 rings (SSSR count). The van der Waals surface area contributed by atoms with Gasteiger partial charge in [0.2, 0.25) is 0 Å². The van der Waals surface area contributed by atoms with Crippen molar-refractivity contribution in [2.75, 3.05) is 31.5 Å². The molecule has 33 heavy (non-hydrogen) atoms. The van der Waals surface area contributed by atoms with Crippen molar-refractivity contribution in [3.05, 3.63) is 41.0 Å². The molecule has 3 heterocycles. The molecule has 1 aromatic heterocycles. The van der Waals surface area contributed by atoms with E-state index in [1.54, 1.807) is 6.20 Å². The average molecular weight is 518 g/mol. The lowest BCUT2D eigenvalue weighted by atomic mass is 9.79. The molecule has 0 radical (unpaired) electrons. The molecule has 1 unspecified atom stereocenters. The van der Waals surface area contributed by atoms with Crippen LogP contribution in [0.25, 0.3) is 0 Å². The van der Waals surface area contributed by atoms with Crippen molar-refractivity contribution >= 4 is 33.7 Å². The molecule has 2 fully saturated rings. The average Bonchev–Trinajstić information content (AvgIpc) is 3.27. The number of urea groups is 1. The number of para-hydroxylation sites is 1. The number of H-pyrrole nitrogens is 1. The van der Waals surface area contributed by atoms with Gasteiger partial charge in [-0.2, -0.15) is 5.10 Å². The first-order chi connectivity index (χ1) is 16.0. The van der Waals surface area contributed by atoms with E-state index in [0.29, 0.717) is 24.1 Å². The lowest BCUT2D eigenvalue weighted by molar-refractivity contribution is -0.140. The summed E-state index contributed by atoms with van der Waals surface area (Å²) in [4.78, 5) is 29.4. The normalized spacial score (nSPS) is 18.7. The van der Waals surface area contributed by atoms with Gasteiger partial charge >= 0.3 is 6.03 Å². The number of carbonyl (C=O) groups excluding carboxylic acids is 2. The number of benzene rings is 1. The molecule has 178 valence electrons. The first-order valence-corrected chi connectivity index (χ1v) is 12.6. The zero-order valence-corrected chi connectivity index (χ0v) is 20.6. The molecule has 0 spiro atoms. The maximum Gasteiger partial charge on any atom is 0.323 e. The van der Waals surface area contributed by atoms with Gasteiger partial charge in [0.1, 0.15) is 11.6 Å². The molecular formula is C24H32BrN5O3. The largest absolute Gasteiger partial charge is 0.481 e. The second-order valence-corrected chi connectivity index (χ2v) is 9.69. The van der Waals surface area contributed by atoms with Crippen LogP contribution in [-0.4, -0.2) is 64.2 Å². The van der Waals surface area contributed by atoms with E-state index in [9.17, 15) is 9.59 Å². The van der Waals surface area contributed by atoms with Crippen molar-refractivity contribution in [1.29, 1.82) is 0 Å². The van der Waals surface area contributed by atoms with Crippen LogP contribution in [0.2, 0.25) is 0 Å². The van der Waals surface area contributed by atoms with Crippen LogP contribution in [0.5, 0.6) is 5.75 Å². The molecule has 2 N–H and O–H groups in total. The van der Waals surface area contributed by atoms with Crippen LogP contribution in [0.1, 0.15) is 39.0 Å². The fraction of sp³-hybridized carbons (Fsp3) is 0.542. The number of rotatable bonds is 6. The molecule has 0 bridgehead atoms. The van der Waals surface area contributed by atoms with Crippen LogP contribution in [-0.2, 0) is 4.79 Å². The summed E-state index contributed by atoms with van der Waals surface area (Å²) >= 11 is 3.36. The molecule has 8 nitrogen and oxygen atoms in total. The van der Waals surface area contributed by atoms with E-state index < -0.39 is 6.10 Å². The molecule has 2 aromatic rings. The summed E-state index contributed by atoms with van der Waals surface area (Å²) in [6.45, 7) is 5.07. The van der Waals surface area contributed by atoms with Crippen LogP contribution in [0.3, 0.4) is 0 Å². The zero-order chi connectivity index (χ0) is 23.2. The first-order valence-electron chi connectivity index (χ1n) is 11.8. The molecule has 2 saturated heterocycles. The Balaban J connectivity index is 1.22. The number of carbonyl (C=O) groups is 2. The molecular weight excluding hydrogens is 486 g/mol. The Kier molecular flexibility index (Phi) is 7.90. The third-order valence-electron chi connectivity index (χ3n) is 6.84. The summed E-state index contributed by atoms with van der Waals surface area (Å²) in [5.41, 5.74) is 0. The third-order valence-corrected chi connectivity index (χ3v) is 7.44. The van der Waals surface area contributed by atoms with Crippen LogP contribution in [0.4, 0.5) is 10.6 Å². The van der Waals surface area contributed by atoms with Gasteiger partial charge in [-0.05, 0) is 72.0 Å². The molecule has 9 heteroatoms. The van der Waals surface area contributed by atoms with Gasteiger partial charge in [-0.1, -0.05) is 25.1 Å². The lowest BCUT2D eigenvalue weighted by Gasteiger charge is -2.40. The van der Waals surface area contributed by atoms with Gasteiger partial charge < -0.3 is 14.5 Å². The first kappa shape index (κ1) is 23.6. The number of hydrogen-bond donors (Lipinski definition) is 2. The Bertz CT molecular complexity index is 921.